The van der Waals surface area contributed by atoms with Gasteiger partial charge in [0.2, 0.25) is 5.82 Å². The number of methoxy groups -OCH3 is 1. The predicted molar refractivity (Wildman–Crippen MR) is 114 cm³/mol. The van der Waals surface area contributed by atoms with Crippen molar-refractivity contribution in [1.82, 2.24) is 15.5 Å². The maximum absolute atomic E-state index is 11.2. The summed E-state index contributed by atoms with van der Waals surface area (Å²) in [5, 5.41) is 7.56. The summed E-state index contributed by atoms with van der Waals surface area (Å²) in [5.41, 5.74) is 3.39. The van der Waals surface area contributed by atoms with E-state index in [2.05, 4.69) is 20.2 Å². The fourth-order valence-corrected chi connectivity index (χ4v) is 3.14. The van der Waals surface area contributed by atoms with Crippen LogP contribution in [0, 0.1) is 6.92 Å². The highest BCUT2D eigenvalue weighted by atomic mass is 35.5. The van der Waals surface area contributed by atoms with Crippen molar-refractivity contribution in [2.75, 3.05) is 13.7 Å². The van der Waals surface area contributed by atoms with Gasteiger partial charge in [-0.25, -0.2) is 0 Å². The van der Waals surface area contributed by atoms with Crippen molar-refractivity contribution in [3.63, 3.8) is 0 Å². The monoisotopic (exact) mass is 429 g/mol. The minimum Gasteiger partial charge on any atom is -0.491 e. The third-order valence-electron chi connectivity index (χ3n) is 4.31. The highest BCUT2D eigenvalue weighted by Crippen LogP contribution is 2.30. The van der Waals surface area contributed by atoms with Gasteiger partial charge in [-0.15, -0.1) is 0 Å². The molecule has 0 aliphatic carbocycles. The van der Waals surface area contributed by atoms with Crippen LogP contribution in [0.25, 0.3) is 22.8 Å². The first-order chi connectivity index (χ1) is 14.4. The van der Waals surface area contributed by atoms with Crippen LogP contribution >= 0.6 is 11.6 Å². The van der Waals surface area contributed by atoms with Crippen molar-refractivity contribution in [3.05, 3.63) is 52.5 Å². The highest BCUT2D eigenvalue weighted by Gasteiger charge is 2.15. The molecule has 1 heterocycles. The molecule has 0 saturated heterocycles. The number of ether oxygens (including phenoxy) is 2. The van der Waals surface area contributed by atoms with Crippen molar-refractivity contribution in [3.8, 4) is 28.6 Å². The molecule has 3 rings (SSSR count). The number of nitrogens with zero attached hydrogens (tertiary/aromatic N) is 2. The second-order valence-electron chi connectivity index (χ2n) is 7.06. The van der Waals surface area contributed by atoms with Crippen molar-refractivity contribution < 1.29 is 18.8 Å². The van der Waals surface area contributed by atoms with Crippen LogP contribution in [0.2, 0.25) is 5.02 Å². The molecule has 0 fully saturated rings. The normalized spacial score (nSPS) is 11.0. The Morgan fingerprint density at radius 1 is 1.23 bits per heavy atom. The van der Waals surface area contributed by atoms with E-state index in [0.29, 0.717) is 28.8 Å². The molecule has 0 atom stereocenters. The summed E-state index contributed by atoms with van der Waals surface area (Å²) in [7, 11) is 1.35. The van der Waals surface area contributed by atoms with E-state index in [1.54, 1.807) is 6.07 Å². The molecule has 2 aromatic carbocycles. The number of rotatable bonds is 8. The van der Waals surface area contributed by atoms with E-state index >= 15 is 0 Å². The number of carbonyl (C=O) groups is 1. The molecule has 0 saturated carbocycles. The summed E-state index contributed by atoms with van der Waals surface area (Å²) < 4.78 is 15.8. The van der Waals surface area contributed by atoms with Crippen LogP contribution in [0.1, 0.15) is 25.0 Å². The molecule has 30 heavy (non-hydrogen) atoms. The highest BCUT2D eigenvalue weighted by molar-refractivity contribution is 6.33. The van der Waals surface area contributed by atoms with Gasteiger partial charge in [0, 0.05) is 17.7 Å². The number of nitrogens with one attached hydrogen (secondary N) is 1. The van der Waals surface area contributed by atoms with Gasteiger partial charge in [0.05, 0.1) is 24.8 Å². The lowest BCUT2D eigenvalue weighted by Gasteiger charge is -2.12. The minimum absolute atomic E-state index is 0.102. The van der Waals surface area contributed by atoms with Crippen molar-refractivity contribution in [1.29, 1.82) is 0 Å². The van der Waals surface area contributed by atoms with Crippen LogP contribution < -0.4 is 10.1 Å². The quantitative estimate of drug-likeness (QED) is 0.530. The Kier molecular flexibility index (Phi) is 7.07. The smallest absolute Gasteiger partial charge is 0.319 e. The first kappa shape index (κ1) is 21.8. The van der Waals surface area contributed by atoms with Gasteiger partial charge in [-0.3, -0.25) is 4.79 Å². The molecular formula is C22H24ClN3O4. The molecule has 0 spiro atoms. The molecule has 0 amide bonds. The lowest BCUT2D eigenvalue weighted by molar-refractivity contribution is -0.139. The molecule has 0 aliphatic rings. The number of aromatic nitrogens is 2. The maximum Gasteiger partial charge on any atom is 0.319 e. The van der Waals surface area contributed by atoms with E-state index in [1.807, 2.05) is 51.1 Å². The molecule has 8 heteroatoms. The molecule has 0 bridgehead atoms. The number of hydrogen-bond donors (Lipinski definition) is 1. The summed E-state index contributed by atoms with van der Waals surface area (Å²) >= 11 is 6.42. The van der Waals surface area contributed by atoms with Gasteiger partial charge in [-0.1, -0.05) is 22.8 Å². The van der Waals surface area contributed by atoms with Crippen LogP contribution in [-0.2, 0) is 16.1 Å². The number of aryl methyl sites for hydroxylation is 1. The first-order valence-electron chi connectivity index (χ1n) is 9.55. The van der Waals surface area contributed by atoms with Crippen LogP contribution in [0.5, 0.6) is 5.75 Å². The Hall–Kier alpha value is -2.90. The molecule has 7 nitrogen and oxygen atoms in total. The number of esters is 1. The zero-order valence-corrected chi connectivity index (χ0v) is 18.1. The predicted octanol–water partition coefficient (Wildman–Crippen LogP) is 4.42. The topological polar surface area (TPSA) is 86.5 Å². The number of carbonyl (C=O) groups excluding carboxylic acids is 1. The largest absolute Gasteiger partial charge is 0.491 e. The molecule has 1 aromatic heterocycles. The summed E-state index contributed by atoms with van der Waals surface area (Å²) in [6.07, 6.45) is 0.102. The average molecular weight is 430 g/mol. The number of halogens is 1. The lowest BCUT2D eigenvalue weighted by atomic mass is 10.1. The fraction of sp³-hybridized carbons (Fsp3) is 0.318. The minimum atomic E-state index is -0.323. The second-order valence-corrected chi connectivity index (χ2v) is 7.47. The number of benzene rings is 2. The summed E-state index contributed by atoms with van der Waals surface area (Å²) in [6, 6.07) is 11.3. The van der Waals surface area contributed by atoms with E-state index in [4.69, 9.17) is 20.9 Å². The van der Waals surface area contributed by atoms with Gasteiger partial charge in [-0.2, -0.15) is 4.98 Å². The van der Waals surface area contributed by atoms with E-state index in [9.17, 15) is 4.79 Å². The van der Waals surface area contributed by atoms with E-state index in [-0.39, 0.29) is 18.6 Å². The zero-order valence-electron chi connectivity index (χ0n) is 17.4. The SMILES string of the molecule is COC(=O)CNCc1ccc(-c2noc(-c3ccc(OC(C)C)c(C)c3)n2)c(Cl)c1. The summed E-state index contributed by atoms with van der Waals surface area (Å²) in [5.74, 6) is 1.32. The van der Waals surface area contributed by atoms with Crippen LogP contribution in [-0.4, -0.2) is 35.9 Å². The van der Waals surface area contributed by atoms with Crippen molar-refractivity contribution >= 4 is 17.6 Å². The second kappa shape index (κ2) is 9.73. The molecule has 0 aliphatic heterocycles. The van der Waals surface area contributed by atoms with Gasteiger partial charge in [0.15, 0.2) is 0 Å². The first-order valence-corrected chi connectivity index (χ1v) is 9.93. The third-order valence-corrected chi connectivity index (χ3v) is 4.62. The summed E-state index contributed by atoms with van der Waals surface area (Å²) in [6.45, 7) is 6.56. The molecule has 0 radical (unpaired) electrons. The molecule has 0 unspecified atom stereocenters. The Morgan fingerprint density at radius 2 is 2.03 bits per heavy atom. The summed E-state index contributed by atoms with van der Waals surface area (Å²) in [4.78, 5) is 15.7. The van der Waals surface area contributed by atoms with Gasteiger partial charge in [0.1, 0.15) is 5.75 Å². The lowest BCUT2D eigenvalue weighted by Crippen LogP contribution is -2.23. The van der Waals surface area contributed by atoms with Crippen molar-refractivity contribution in [2.45, 2.75) is 33.4 Å². The van der Waals surface area contributed by atoms with Gasteiger partial charge < -0.3 is 19.3 Å². The Balaban J connectivity index is 1.74. The molecule has 3 aromatic rings. The van der Waals surface area contributed by atoms with E-state index in [1.165, 1.54) is 7.11 Å². The maximum atomic E-state index is 11.2. The molecule has 158 valence electrons. The molecule has 1 N–H and O–H groups in total. The van der Waals surface area contributed by atoms with Crippen LogP contribution in [0.4, 0.5) is 0 Å². The Labute approximate surface area is 180 Å². The van der Waals surface area contributed by atoms with E-state index < -0.39 is 0 Å². The van der Waals surface area contributed by atoms with Crippen LogP contribution in [0.15, 0.2) is 40.9 Å². The standard InChI is InChI=1S/C22H24ClN3O4/c1-13(2)29-19-8-6-16(9-14(19)3)22-25-21(26-30-22)17-7-5-15(10-18(17)23)11-24-12-20(27)28-4/h5-10,13,24H,11-12H2,1-4H3. The third kappa shape index (κ3) is 5.37. The van der Waals surface area contributed by atoms with Gasteiger partial charge >= 0.3 is 5.97 Å². The molecular weight excluding hydrogens is 406 g/mol. The van der Waals surface area contributed by atoms with Crippen LogP contribution in [0.3, 0.4) is 0 Å². The van der Waals surface area contributed by atoms with E-state index in [0.717, 1.165) is 22.4 Å². The zero-order chi connectivity index (χ0) is 21.7. The Morgan fingerprint density at radius 3 is 2.70 bits per heavy atom. The van der Waals surface area contributed by atoms with Gasteiger partial charge in [-0.05, 0) is 62.2 Å². The Bertz CT molecular complexity index is 1030. The van der Waals surface area contributed by atoms with Crippen molar-refractivity contribution in [2.24, 2.45) is 0 Å². The van der Waals surface area contributed by atoms with Gasteiger partial charge in [0.25, 0.3) is 5.89 Å². The number of hydrogen-bond acceptors (Lipinski definition) is 7. The fourth-order valence-electron chi connectivity index (χ4n) is 2.85. The average Bonchev–Trinajstić information content (AvgIpc) is 3.19.